The predicted octanol–water partition coefficient (Wildman–Crippen LogP) is 0.535. The topological polar surface area (TPSA) is 73.9 Å². The number of alkyl halides is 1. The average Bonchev–Trinajstić information content (AvgIpc) is 3.02. The molecule has 3 aliphatic rings. The summed E-state index contributed by atoms with van der Waals surface area (Å²) in [4.78, 5) is 28.5. The van der Waals surface area contributed by atoms with E-state index in [4.69, 9.17) is 4.74 Å². The van der Waals surface area contributed by atoms with Gasteiger partial charge in [-0.15, -0.1) is 0 Å². The highest BCUT2D eigenvalue weighted by atomic mass is 19.1. The number of rotatable bonds is 3. The Morgan fingerprint density at radius 1 is 1.32 bits per heavy atom. The van der Waals surface area contributed by atoms with Crippen molar-refractivity contribution in [2.24, 2.45) is 0 Å². The zero-order chi connectivity index (χ0) is 19.8. The molecule has 4 rings (SSSR count). The Balaban J connectivity index is 1.47. The lowest BCUT2D eigenvalue weighted by atomic mass is 10.1. The van der Waals surface area contributed by atoms with Crippen LogP contribution in [0.1, 0.15) is 18.9 Å². The third kappa shape index (κ3) is 3.49. The van der Waals surface area contributed by atoms with Gasteiger partial charge >= 0.3 is 0 Å². The molecule has 1 aromatic carbocycles. The minimum absolute atomic E-state index is 0.0421. The fraction of sp³-hybridized carbons (Fsp3) is 0.579. The zero-order valence-electron chi connectivity index (χ0n) is 15.7. The van der Waals surface area contributed by atoms with Crippen molar-refractivity contribution in [1.29, 1.82) is 0 Å². The van der Waals surface area contributed by atoms with E-state index >= 15 is 0 Å². The van der Waals surface area contributed by atoms with Crippen LogP contribution in [0.15, 0.2) is 18.2 Å². The molecule has 2 saturated heterocycles. The van der Waals surface area contributed by atoms with E-state index in [9.17, 15) is 18.4 Å². The molecule has 152 valence electrons. The van der Waals surface area contributed by atoms with Crippen molar-refractivity contribution >= 4 is 17.5 Å². The van der Waals surface area contributed by atoms with Crippen molar-refractivity contribution in [3.63, 3.8) is 0 Å². The Labute approximate surface area is 162 Å². The predicted molar refractivity (Wildman–Crippen MR) is 97.8 cm³/mol. The summed E-state index contributed by atoms with van der Waals surface area (Å²) in [6, 6.07) is 4.51. The number of carbonyl (C=O) groups excluding carboxylic acids is 2. The number of hydrogen-bond acceptors (Lipinski definition) is 5. The van der Waals surface area contributed by atoms with Gasteiger partial charge in [-0.2, -0.15) is 0 Å². The molecule has 9 heteroatoms. The van der Waals surface area contributed by atoms with E-state index in [1.54, 1.807) is 17.0 Å². The van der Waals surface area contributed by atoms with Crippen molar-refractivity contribution in [2.45, 2.75) is 44.3 Å². The van der Waals surface area contributed by atoms with E-state index in [1.807, 2.05) is 11.8 Å². The maximum absolute atomic E-state index is 14.4. The first-order valence-electron chi connectivity index (χ1n) is 9.57. The number of halogens is 2. The molecule has 0 aliphatic carbocycles. The first-order chi connectivity index (χ1) is 13.5. The summed E-state index contributed by atoms with van der Waals surface area (Å²) in [7, 11) is 0. The van der Waals surface area contributed by atoms with Crippen LogP contribution in [0.25, 0.3) is 0 Å². The first-order valence-corrected chi connectivity index (χ1v) is 9.57. The molecule has 0 aromatic heterocycles. The van der Waals surface area contributed by atoms with E-state index in [0.717, 1.165) is 0 Å². The molecular weight excluding hydrogens is 370 g/mol. The van der Waals surface area contributed by atoms with Crippen LogP contribution in [0.4, 0.5) is 14.5 Å². The number of benzene rings is 1. The first kappa shape index (κ1) is 19.2. The molecule has 2 amide bonds. The van der Waals surface area contributed by atoms with Gasteiger partial charge in [0.05, 0.1) is 31.5 Å². The maximum Gasteiger partial charge on any atom is 0.258 e. The third-order valence-corrected chi connectivity index (χ3v) is 5.60. The van der Waals surface area contributed by atoms with Gasteiger partial charge in [-0.25, -0.2) is 8.78 Å². The molecule has 0 bridgehead atoms. The summed E-state index contributed by atoms with van der Waals surface area (Å²) in [5.41, 5.74) is 1.09. The largest absolute Gasteiger partial charge is 0.379 e. The lowest BCUT2D eigenvalue weighted by molar-refractivity contribution is -0.137. The minimum Gasteiger partial charge on any atom is -0.379 e. The van der Waals surface area contributed by atoms with E-state index in [2.05, 4.69) is 10.6 Å². The molecule has 1 aromatic rings. The second-order valence-corrected chi connectivity index (χ2v) is 7.48. The Morgan fingerprint density at radius 2 is 2.07 bits per heavy atom. The number of morpholine rings is 1. The standard InChI is InChI=1S/C19H24F2N4O3/c1-11-9-12-13(20)3-2-4-14(12)25(11)16(26)10-15-22-18(17(21)19(27)23-15)24-5-7-28-8-6-24/h2-4,11,15,17-18,22H,5-10H2,1H3,(H,23,27). The van der Waals surface area contributed by atoms with Crippen LogP contribution in [-0.4, -0.2) is 67.6 Å². The van der Waals surface area contributed by atoms with Gasteiger partial charge in [0, 0.05) is 24.7 Å². The van der Waals surface area contributed by atoms with Gasteiger partial charge in [0.25, 0.3) is 5.91 Å². The lowest BCUT2D eigenvalue weighted by Crippen LogP contribution is -2.69. The molecular formula is C19H24F2N4O3. The second-order valence-electron chi connectivity index (χ2n) is 7.48. The number of nitrogens with zero attached hydrogens (tertiary/aromatic N) is 2. The minimum atomic E-state index is -1.72. The highest BCUT2D eigenvalue weighted by Gasteiger charge is 2.42. The summed E-state index contributed by atoms with van der Waals surface area (Å²) in [6.07, 6.45) is -2.80. The van der Waals surface area contributed by atoms with Crippen LogP contribution in [0, 0.1) is 5.82 Å². The fourth-order valence-electron chi connectivity index (χ4n) is 4.24. The summed E-state index contributed by atoms with van der Waals surface area (Å²) >= 11 is 0. The Hall–Kier alpha value is -2.10. The molecule has 0 saturated carbocycles. The molecule has 7 nitrogen and oxygen atoms in total. The molecule has 0 spiro atoms. The van der Waals surface area contributed by atoms with Crippen molar-refractivity contribution in [3.05, 3.63) is 29.6 Å². The van der Waals surface area contributed by atoms with Crippen molar-refractivity contribution in [1.82, 2.24) is 15.5 Å². The summed E-state index contributed by atoms with van der Waals surface area (Å²) < 4.78 is 33.8. The number of amides is 2. The summed E-state index contributed by atoms with van der Waals surface area (Å²) in [5, 5.41) is 5.58. The van der Waals surface area contributed by atoms with Crippen molar-refractivity contribution in [3.8, 4) is 0 Å². The quantitative estimate of drug-likeness (QED) is 0.783. The van der Waals surface area contributed by atoms with E-state index in [0.29, 0.717) is 44.0 Å². The summed E-state index contributed by atoms with van der Waals surface area (Å²) in [5.74, 6) is -1.29. The average molecular weight is 394 g/mol. The second kappa shape index (κ2) is 7.73. The number of hydrogen-bond donors (Lipinski definition) is 2. The number of anilines is 1. The highest BCUT2D eigenvalue weighted by Crippen LogP contribution is 2.34. The lowest BCUT2D eigenvalue weighted by Gasteiger charge is -2.41. The smallest absolute Gasteiger partial charge is 0.258 e. The molecule has 4 unspecified atom stereocenters. The molecule has 4 atom stereocenters. The van der Waals surface area contributed by atoms with Crippen LogP contribution in [0.3, 0.4) is 0 Å². The molecule has 0 radical (unpaired) electrons. The molecule has 28 heavy (non-hydrogen) atoms. The van der Waals surface area contributed by atoms with Gasteiger partial charge in [-0.05, 0) is 25.5 Å². The van der Waals surface area contributed by atoms with Gasteiger partial charge in [-0.1, -0.05) is 6.07 Å². The van der Waals surface area contributed by atoms with Crippen molar-refractivity contribution in [2.75, 3.05) is 31.2 Å². The van der Waals surface area contributed by atoms with Gasteiger partial charge in [0.15, 0.2) is 0 Å². The van der Waals surface area contributed by atoms with Crippen LogP contribution in [0.5, 0.6) is 0 Å². The monoisotopic (exact) mass is 394 g/mol. The SMILES string of the molecule is CC1Cc2c(F)cccc2N1C(=O)CC1NC(=O)C(F)C(N2CCOCC2)N1. The van der Waals surface area contributed by atoms with Crippen LogP contribution in [0.2, 0.25) is 0 Å². The van der Waals surface area contributed by atoms with Crippen LogP contribution in [-0.2, 0) is 20.7 Å². The molecule has 2 fully saturated rings. The Morgan fingerprint density at radius 3 is 2.82 bits per heavy atom. The molecule has 2 N–H and O–H groups in total. The van der Waals surface area contributed by atoms with Gasteiger partial charge in [0.2, 0.25) is 12.1 Å². The third-order valence-electron chi connectivity index (χ3n) is 5.60. The number of ether oxygens (including phenoxy) is 1. The normalized spacial score (nSPS) is 30.8. The Bertz CT molecular complexity index is 772. The van der Waals surface area contributed by atoms with Crippen LogP contribution >= 0.6 is 0 Å². The van der Waals surface area contributed by atoms with Gasteiger partial charge in [0.1, 0.15) is 12.0 Å². The van der Waals surface area contributed by atoms with Crippen LogP contribution < -0.4 is 15.5 Å². The van der Waals surface area contributed by atoms with E-state index in [1.165, 1.54) is 6.07 Å². The number of carbonyl (C=O) groups is 2. The van der Waals surface area contributed by atoms with E-state index < -0.39 is 24.4 Å². The molecule has 3 heterocycles. The molecule has 3 aliphatic heterocycles. The zero-order valence-corrected chi connectivity index (χ0v) is 15.7. The summed E-state index contributed by atoms with van der Waals surface area (Å²) in [6.45, 7) is 3.84. The highest BCUT2D eigenvalue weighted by molar-refractivity contribution is 5.97. The number of nitrogens with one attached hydrogen (secondary N) is 2. The Kier molecular flexibility index (Phi) is 5.31. The van der Waals surface area contributed by atoms with Gasteiger partial charge in [-0.3, -0.25) is 19.8 Å². The maximum atomic E-state index is 14.4. The van der Waals surface area contributed by atoms with E-state index in [-0.39, 0.29) is 24.2 Å². The number of fused-ring (bicyclic) bond motifs is 1. The van der Waals surface area contributed by atoms with Crippen molar-refractivity contribution < 1.29 is 23.1 Å². The van der Waals surface area contributed by atoms with Gasteiger partial charge < -0.3 is 15.0 Å². The fourth-order valence-corrected chi connectivity index (χ4v) is 4.24.